The lowest BCUT2D eigenvalue weighted by Gasteiger charge is -2.25. The normalized spacial score (nSPS) is 18.2. The fourth-order valence-corrected chi connectivity index (χ4v) is 2.24. The second-order valence-electron chi connectivity index (χ2n) is 4.14. The average Bonchev–Trinajstić information content (AvgIpc) is 2.34. The Hall–Kier alpha value is -1.22. The Labute approximate surface area is 106 Å². The maximum Gasteiger partial charge on any atom is 0.312 e. The van der Waals surface area contributed by atoms with Gasteiger partial charge in [0.2, 0.25) is 0 Å². The summed E-state index contributed by atoms with van der Waals surface area (Å²) in [6.45, 7) is 4.54. The Morgan fingerprint density at radius 2 is 2.35 bits per heavy atom. The number of carbonyl (C=O) groups is 1. The highest BCUT2D eigenvalue weighted by Crippen LogP contribution is 2.36. The van der Waals surface area contributed by atoms with Gasteiger partial charge in [-0.25, -0.2) is 0 Å². The number of aryl methyl sites for hydroxylation is 1. The number of benzene rings is 1. The van der Waals surface area contributed by atoms with E-state index in [0.29, 0.717) is 30.4 Å². The molecule has 1 aromatic rings. The molecule has 0 saturated carbocycles. The first-order valence-corrected chi connectivity index (χ1v) is 6.08. The van der Waals surface area contributed by atoms with E-state index < -0.39 is 0 Å². The van der Waals surface area contributed by atoms with Crippen molar-refractivity contribution in [3.63, 3.8) is 0 Å². The summed E-state index contributed by atoms with van der Waals surface area (Å²) in [7, 11) is 0. The molecule has 1 unspecified atom stereocenters. The highest BCUT2D eigenvalue weighted by Gasteiger charge is 2.29. The summed E-state index contributed by atoms with van der Waals surface area (Å²) in [6.07, 6.45) is 0.639. The molecular formula is C13H15ClO3. The van der Waals surface area contributed by atoms with E-state index in [2.05, 4.69) is 0 Å². The molecule has 0 bridgehead atoms. The second kappa shape index (κ2) is 4.96. The van der Waals surface area contributed by atoms with E-state index in [-0.39, 0.29) is 11.9 Å². The van der Waals surface area contributed by atoms with Gasteiger partial charge >= 0.3 is 5.97 Å². The molecule has 0 aromatic heterocycles. The summed E-state index contributed by atoms with van der Waals surface area (Å²) in [4.78, 5) is 11.7. The van der Waals surface area contributed by atoms with Crippen molar-refractivity contribution in [2.24, 2.45) is 5.92 Å². The number of hydrogen-bond acceptors (Lipinski definition) is 3. The van der Waals surface area contributed by atoms with Crippen LogP contribution in [0.15, 0.2) is 12.1 Å². The van der Waals surface area contributed by atoms with Crippen LogP contribution in [0.1, 0.15) is 18.1 Å². The lowest BCUT2D eigenvalue weighted by molar-refractivity contribution is -0.149. The minimum atomic E-state index is -0.223. The van der Waals surface area contributed by atoms with Crippen molar-refractivity contribution in [3.8, 4) is 5.75 Å². The molecule has 1 aliphatic heterocycles. The largest absolute Gasteiger partial charge is 0.491 e. The number of rotatable bonds is 2. The van der Waals surface area contributed by atoms with Gasteiger partial charge in [-0.1, -0.05) is 17.7 Å². The zero-order chi connectivity index (χ0) is 12.4. The molecule has 1 aliphatic rings. The van der Waals surface area contributed by atoms with Gasteiger partial charge in [0.15, 0.2) is 0 Å². The minimum absolute atomic E-state index is 0.197. The molecule has 1 atom stereocenters. The maximum absolute atomic E-state index is 11.7. The molecule has 0 fully saturated rings. The average molecular weight is 255 g/mol. The predicted molar refractivity (Wildman–Crippen MR) is 65.5 cm³/mol. The van der Waals surface area contributed by atoms with Crippen LogP contribution in [-0.2, 0) is 16.0 Å². The van der Waals surface area contributed by atoms with Crippen molar-refractivity contribution in [2.45, 2.75) is 20.3 Å². The lowest BCUT2D eigenvalue weighted by atomic mass is 9.93. The summed E-state index contributed by atoms with van der Waals surface area (Å²) >= 11 is 6.06. The van der Waals surface area contributed by atoms with Gasteiger partial charge in [0.25, 0.3) is 0 Å². The van der Waals surface area contributed by atoms with Gasteiger partial charge in [-0.05, 0) is 37.5 Å². The number of fused-ring (bicyclic) bond motifs is 1. The Bertz CT molecular complexity index is 443. The van der Waals surface area contributed by atoms with Crippen LogP contribution in [0.3, 0.4) is 0 Å². The van der Waals surface area contributed by atoms with Crippen LogP contribution in [0.25, 0.3) is 0 Å². The molecule has 0 radical (unpaired) electrons. The molecule has 0 N–H and O–H groups in total. The van der Waals surface area contributed by atoms with Crippen LogP contribution in [0.4, 0.5) is 0 Å². The van der Waals surface area contributed by atoms with E-state index in [1.165, 1.54) is 0 Å². The van der Waals surface area contributed by atoms with Crippen LogP contribution in [0.2, 0.25) is 5.02 Å². The Kier molecular flexibility index (Phi) is 3.57. The monoisotopic (exact) mass is 254 g/mol. The van der Waals surface area contributed by atoms with E-state index in [4.69, 9.17) is 21.1 Å². The number of ether oxygens (including phenoxy) is 2. The summed E-state index contributed by atoms with van der Waals surface area (Å²) in [5, 5.41) is 0.605. The van der Waals surface area contributed by atoms with Crippen LogP contribution >= 0.6 is 11.6 Å². The van der Waals surface area contributed by atoms with Gasteiger partial charge in [0.05, 0.1) is 17.5 Å². The van der Waals surface area contributed by atoms with Crippen molar-refractivity contribution in [2.75, 3.05) is 13.2 Å². The summed E-state index contributed by atoms with van der Waals surface area (Å²) < 4.78 is 10.6. The number of esters is 1. The van der Waals surface area contributed by atoms with Crippen LogP contribution < -0.4 is 4.74 Å². The molecule has 1 aromatic carbocycles. The summed E-state index contributed by atoms with van der Waals surface area (Å²) in [6, 6.07) is 3.76. The fourth-order valence-electron chi connectivity index (χ4n) is 2.01. The van der Waals surface area contributed by atoms with Crippen LogP contribution in [-0.4, -0.2) is 19.2 Å². The Balaban J connectivity index is 2.24. The van der Waals surface area contributed by atoms with E-state index in [0.717, 1.165) is 11.1 Å². The molecule has 0 spiro atoms. The molecular weight excluding hydrogens is 240 g/mol. The maximum atomic E-state index is 11.7. The van der Waals surface area contributed by atoms with E-state index in [1.54, 1.807) is 6.92 Å². The quantitative estimate of drug-likeness (QED) is 0.762. The van der Waals surface area contributed by atoms with E-state index in [9.17, 15) is 4.79 Å². The SMILES string of the molecule is CCOC(=O)C1COc2c(Cl)ccc(C)c2C1. The van der Waals surface area contributed by atoms with Crippen molar-refractivity contribution in [1.82, 2.24) is 0 Å². The molecule has 1 heterocycles. The molecule has 92 valence electrons. The highest BCUT2D eigenvalue weighted by atomic mass is 35.5. The fraction of sp³-hybridized carbons (Fsp3) is 0.462. The third kappa shape index (κ3) is 2.39. The molecule has 0 aliphatic carbocycles. The van der Waals surface area contributed by atoms with Crippen molar-refractivity contribution >= 4 is 17.6 Å². The molecule has 17 heavy (non-hydrogen) atoms. The first-order chi connectivity index (χ1) is 8.13. The summed E-state index contributed by atoms with van der Waals surface area (Å²) in [5.74, 6) is 0.296. The number of hydrogen-bond donors (Lipinski definition) is 0. The first-order valence-electron chi connectivity index (χ1n) is 5.71. The van der Waals surface area contributed by atoms with Gasteiger partial charge in [0.1, 0.15) is 12.4 Å². The standard InChI is InChI=1S/C13H15ClO3/c1-3-16-13(15)9-6-10-8(2)4-5-11(14)12(10)17-7-9/h4-5,9H,3,6-7H2,1-2H3. The highest BCUT2D eigenvalue weighted by molar-refractivity contribution is 6.32. The van der Waals surface area contributed by atoms with Gasteiger partial charge in [-0.3, -0.25) is 4.79 Å². The molecule has 3 nitrogen and oxygen atoms in total. The predicted octanol–water partition coefficient (Wildman–Crippen LogP) is 2.76. The number of halogens is 1. The first kappa shape index (κ1) is 12.2. The minimum Gasteiger partial charge on any atom is -0.491 e. The smallest absolute Gasteiger partial charge is 0.312 e. The Morgan fingerprint density at radius 3 is 3.06 bits per heavy atom. The second-order valence-corrected chi connectivity index (χ2v) is 4.54. The van der Waals surface area contributed by atoms with E-state index >= 15 is 0 Å². The Morgan fingerprint density at radius 1 is 1.59 bits per heavy atom. The lowest BCUT2D eigenvalue weighted by Crippen LogP contribution is -2.30. The van der Waals surface area contributed by atoms with Gasteiger partial charge < -0.3 is 9.47 Å². The van der Waals surface area contributed by atoms with Gasteiger partial charge in [-0.15, -0.1) is 0 Å². The zero-order valence-corrected chi connectivity index (χ0v) is 10.7. The van der Waals surface area contributed by atoms with Gasteiger partial charge in [0, 0.05) is 0 Å². The topological polar surface area (TPSA) is 35.5 Å². The third-order valence-electron chi connectivity index (χ3n) is 2.95. The van der Waals surface area contributed by atoms with E-state index in [1.807, 2.05) is 19.1 Å². The molecule has 4 heteroatoms. The third-order valence-corrected chi connectivity index (χ3v) is 3.24. The summed E-state index contributed by atoms with van der Waals surface area (Å²) in [5.41, 5.74) is 2.11. The van der Waals surface area contributed by atoms with Crippen molar-refractivity contribution in [3.05, 3.63) is 28.3 Å². The van der Waals surface area contributed by atoms with Crippen LogP contribution in [0, 0.1) is 12.8 Å². The molecule has 0 amide bonds. The molecule has 0 saturated heterocycles. The van der Waals surface area contributed by atoms with Gasteiger partial charge in [-0.2, -0.15) is 0 Å². The zero-order valence-electron chi connectivity index (χ0n) is 9.96. The van der Waals surface area contributed by atoms with Crippen molar-refractivity contribution in [1.29, 1.82) is 0 Å². The van der Waals surface area contributed by atoms with Crippen molar-refractivity contribution < 1.29 is 14.3 Å². The van der Waals surface area contributed by atoms with Crippen LogP contribution in [0.5, 0.6) is 5.75 Å². The number of carbonyl (C=O) groups excluding carboxylic acids is 1. The molecule has 2 rings (SSSR count).